The van der Waals surface area contributed by atoms with E-state index in [0.717, 1.165) is 0 Å². The van der Waals surface area contributed by atoms with Crippen LogP contribution in [0.5, 0.6) is 0 Å². The number of allylic oxidation sites excluding steroid dienone is 2. The lowest BCUT2D eigenvalue weighted by atomic mass is 9.81. The van der Waals surface area contributed by atoms with Crippen LogP contribution in [0, 0.1) is 0 Å². The SMILES string of the molecule is CC(=C(c1ccccc1)c1ccccc1)C(C=C(c1ccccc1)c1ccccc1)c1ccccc1. The topological polar surface area (TPSA) is 0 Å². The van der Waals surface area contributed by atoms with Gasteiger partial charge in [0.2, 0.25) is 0 Å². The van der Waals surface area contributed by atoms with Crippen molar-refractivity contribution in [1.29, 1.82) is 0 Å². The summed E-state index contributed by atoms with van der Waals surface area (Å²) in [5.41, 5.74) is 10.0. The molecule has 0 saturated heterocycles. The van der Waals surface area contributed by atoms with Gasteiger partial charge >= 0.3 is 0 Å². The van der Waals surface area contributed by atoms with E-state index < -0.39 is 0 Å². The molecule has 5 aromatic rings. The molecule has 5 aromatic carbocycles. The Bertz CT molecular complexity index is 1350. The molecule has 0 aromatic heterocycles. The monoisotopic (exact) mass is 462 g/mol. The predicted octanol–water partition coefficient (Wildman–Crippen LogP) is 9.42. The molecule has 0 heteroatoms. The highest BCUT2D eigenvalue weighted by Crippen LogP contribution is 2.38. The summed E-state index contributed by atoms with van der Waals surface area (Å²) in [5, 5.41) is 0. The molecule has 0 amide bonds. The first-order valence-corrected chi connectivity index (χ1v) is 12.5. The van der Waals surface area contributed by atoms with Gasteiger partial charge in [-0.3, -0.25) is 0 Å². The van der Waals surface area contributed by atoms with Crippen molar-refractivity contribution in [3.05, 3.63) is 191 Å². The van der Waals surface area contributed by atoms with Crippen LogP contribution in [0.4, 0.5) is 0 Å². The lowest BCUT2D eigenvalue weighted by Crippen LogP contribution is -2.04. The van der Waals surface area contributed by atoms with E-state index in [1.807, 2.05) is 0 Å². The molecular formula is C36H30. The van der Waals surface area contributed by atoms with Crippen LogP contribution in [-0.2, 0) is 0 Å². The molecular weight excluding hydrogens is 432 g/mol. The third-order valence-corrected chi connectivity index (χ3v) is 6.65. The normalized spacial score (nSPS) is 11.4. The lowest BCUT2D eigenvalue weighted by molar-refractivity contribution is 0.994. The van der Waals surface area contributed by atoms with Gasteiger partial charge in [0, 0.05) is 5.92 Å². The molecule has 36 heavy (non-hydrogen) atoms. The molecule has 0 fully saturated rings. The highest BCUT2D eigenvalue weighted by Gasteiger charge is 2.19. The van der Waals surface area contributed by atoms with Gasteiger partial charge in [0.1, 0.15) is 0 Å². The predicted molar refractivity (Wildman–Crippen MR) is 154 cm³/mol. The Morgan fingerprint density at radius 2 is 0.778 bits per heavy atom. The van der Waals surface area contributed by atoms with Crippen LogP contribution >= 0.6 is 0 Å². The van der Waals surface area contributed by atoms with Gasteiger partial charge in [0.25, 0.3) is 0 Å². The summed E-state index contributed by atoms with van der Waals surface area (Å²) >= 11 is 0. The average molecular weight is 463 g/mol. The Kier molecular flexibility index (Phi) is 7.35. The van der Waals surface area contributed by atoms with Gasteiger partial charge < -0.3 is 0 Å². The molecule has 5 rings (SSSR count). The van der Waals surface area contributed by atoms with Gasteiger partial charge in [-0.2, -0.15) is 0 Å². The quantitative estimate of drug-likeness (QED) is 0.226. The van der Waals surface area contributed by atoms with Crippen LogP contribution in [0.3, 0.4) is 0 Å². The van der Waals surface area contributed by atoms with Crippen LogP contribution in [-0.4, -0.2) is 0 Å². The number of benzene rings is 5. The summed E-state index contributed by atoms with van der Waals surface area (Å²) in [7, 11) is 0. The maximum absolute atomic E-state index is 2.45. The Balaban J connectivity index is 1.78. The van der Waals surface area contributed by atoms with E-state index in [-0.39, 0.29) is 5.92 Å². The third-order valence-electron chi connectivity index (χ3n) is 6.65. The van der Waals surface area contributed by atoms with Crippen LogP contribution in [0.2, 0.25) is 0 Å². The van der Waals surface area contributed by atoms with Gasteiger partial charge in [-0.05, 0) is 45.9 Å². The third kappa shape index (κ3) is 5.29. The summed E-state index contributed by atoms with van der Waals surface area (Å²) in [6, 6.07) is 53.8. The second-order valence-corrected chi connectivity index (χ2v) is 8.99. The summed E-state index contributed by atoms with van der Waals surface area (Å²) < 4.78 is 0. The number of hydrogen-bond donors (Lipinski definition) is 0. The Labute approximate surface area is 214 Å². The van der Waals surface area contributed by atoms with E-state index in [4.69, 9.17) is 0 Å². The van der Waals surface area contributed by atoms with Crippen molar-refractivity contribution in [3.8, 4) is 0 Å². The van der Waals surface area contributed by atoms with Crippen molar-refractivity contribution in [2.45, 2.75) is 12.8 Å². The van der Waals surface area contributed by atoms with Crippen molar-refractivity contribution < 1.29 is 0 Å². The van der Waals surface area contributed by atoms with E-state index in [9.17, 15) is 0 Å². The van der Waals surface area contributed by atoms with Gasteiger partial charge in [0.15, 0.2) is 0 Å². The Morgan fingerprint density at radius 1 is 0.444 bits per heavy atom. The fourth-order valence-corrected chi connectivity index (χ4v) is 4.88. The zero-order valence-electron chi connectivity index (χ0n) is 20.6. The van der Waals surface area contributed by atoms with Gasteiger partial charge in [0.05, 0.1) is 0 Å². The summed E-state index contributed by atoms with van der Waals surface area (Å²) in [6.07, 6.45) is 2.45. The van der Waals surface area contributed by atoms with Crippen LogP contribution in [0.15, 0.2) is 163 Å². The first kappa shape index (κ1) is 23.3. The highest BCUT2D eigenvalue weighted by atomic mass is 14.2. The fourth-order valence-electron chi connectivity index (χ4n) is 4.88. The molecule has 0 heterocycles. The highest BCUT2D eigenvalue weighted by molar-refractivity contribution is 5.85. The van der Waals surface area contributed by atoms with E-state index in [0.29, 0.717) is 0 Å². The molecule has 174 valence electrons. The zero-order chi connectivity index (χ0) is 24.6. The first-order valence-electron chi connectivity index (χ1n) is 12.5. The lowest BCUT2D eigenvalue weighted by Gasteiger charge is -2.22. The maximum Gasteiger partial charge on any atom is 0.0244 e. The van der Waals surface area contributed by atoms with Crippen LogP contribution in [0.25, 0.3) is 11.1 Å². The average Bonchev–Trinajstić information content (AvgIpc) is 2.96. The van der Waals surface area contributed by atoms with Gasteiger partial charge in [-0.25, -0.2) is 0 Å². The van der Waals surface area contributed by atoms with Crippen LogP contribution in [0.1, 0.15) is 40.7 Å². The second kappa shape index (κ2) is 11.3. The van der Waals surface area contributed by atoms with Gasteiger partial charge in [-0.15, -0.1) is 0 Å². The van der Waals surface area contributed by atoms with E-state index >= 15 is 0 Å². The van der Waals surface area contributed by atoms with Gasteiger partial charge in [-0.1, -0.05) is 163 Å². The maximum atomic E-state index is 2.45. The summed E-state index contributed by atoms with van der Waals surface area (Å²) in [6.45, 7) is 2.29. The molecule has 0 radical (unpaired) electrons. The zero-order valence-corrected chi connectivity index (χ0v) is 20.6. The summed E-state index contributed by atoms with van der Waals surface area (Å²) in [5.74, 6) is 0.0945. The molecule has 0 aliphatic heterocycles. The molecule has 0 bridgehead atoms. The van der Waals surface area contributed by atoms with Crippen molar-refractivity contribution in [1.82, 2.24) is 0 Å². The molecule has 0 aliphatic carbocycles. The molecule has 0 saturated carbocycles. The smallest absolute Gasteiger partial charge is 0.0244 e. The molecule has 1 unspecified atom stereocenters. The van der Waals surface area contributed by atoms with E-state index in [1.165, 1.54) is 44.5 Å². The van der Waals surface area contributed by atoms with Crippen molar-refractivity contribution >= 4 is 11.1 Å². The summed E-state index contributed by atoms with van der Waals surface area (Å²) in [4.78, 5) is 0. The largest absolute Gasteiger partial charge is 0.0645 e. The second-order valence-electron chi connectivity index (χ2n) is 8.99. The molecule has 0 nitrogen and oxygen atoms in total. The fraction of sp³-hybridized carbons (Fsp3) is 0.0556. The minimum Gasteiger partial charge on any atom is -0.0645 e. The standard InChI is InChI=1S/C36H30/c1-28(36(32-23-13-5-14-24-32)33-25-15-6-16-26-33)34(29-17-7-2-8-18-29)27-35(30-19-9-3-10-20-30)31-21-11-4-12-22-31/h2-27,34H,1H3. The first-order chi connectivity index (χ1) is 17.8. The number of hydrogen-bond acceptors (Lipinski definition) is 0. The van der Waals surface area contributed by atoms with E-state index in [1.54, 1.807) is 0 Å². The minimum absolute atomic E-state index is 0.0945. The number of rotatable bonds is 7. The molecule has 0 spiro atoms. The van der Waals surface area contributed by atoms with Crippen molar-refractivity contribution in [3.63, 3.8) is 0 Å². The molecule has 0 N–H and O–H groups in total. The Hall–Kier alpha value is -4.42. The van der Waals surface area contributed by atoms with Crippen LogP contribution < -0.4 is 0 Å². The molecule has 1 atom stereocenters. The minimum atomic E-state index is 0.0945. The molecule has 0 aliphatic rings. The van der Waals surface area contributed by atoms with Crippen molar-refractivity contribution in [2.24, 2.45) is 0 Å². The Morgan fingerprint density at radius 3 is 1.17 bits per heavy atom. The van der Waals surface area contributed by atoms with E-state index in [2.05, 4.69) is 165 Å². The van der Waals surface area contributed by atoms with Crippen molar-refractivity contribution in [2.75, 3.05) is 0 Å².